The number of nitrogens with one attached hydrogen (secondary N) is 4. The fourth-order valence-corrected chi connectivity index (χ4v) is 9.37. The lowest BCUT2D eigenvalue weighted by Gasteiger charge is -2.41. The molecule has 0 spiro atoms. The molecular formula is C36H63N5O7S. The van der Waals surface area contributed by atoms with E-state index in [9.17, 15) is 32.7 Å². The summed E-state index contributed by atoms with van der Waals surface area (Å²) < 4.78 is 25.6. The number of urea groups is 1. The number of rotatable bonds is 13. The predicted octanol–water partition coefficient (Wildman–Crippen LogP) is 3.41. The van der Waals surface area contributed by atoms with E-state index in [4.69, 9.17) is 0 Å². The van der Waals surface area contributed by atoms with Crippen molar-refractivity contribution in [1.29, 1.82) is 0 Å². The Bertz CT molecular complexity index is 1360. The number of likely N-dealkylation sites (tertiary alicyclic amines) is 1. The van der Waals surface area contributed by atoms with Gasteiger partial charge in [0, 0.05) is 12.6 Å². The molecule has 1 aliphatic heterocycles. The van der Waals surface area contributed by atoms with Gasteiger partial charge in [0.25, 0.3) is 5.91 Å². The molecule has 0 aromatic heterocycles. The molecule has 3 saturated carbocycles. The van der Waals surface area contributed by atoms with Crippen LogP contribution in [-0.2, 0) is 24.2 Å². The molecule has 6 atom stereocenters. The van der Waals surface area contributed by atoms with E-state index in [1.54, 1.807) is 25.7 Å². The quantitative estimate of drug-likeness (QED) is 0.195. The van der Waals surface area contributed by atoms with Gasteiger partial charge in [0.2, 0.25) is 11.8 Å². The molecule has 5 N–H and O–H groups in total. The molecular weight excluding hydrogens is 646 g/mol. The molecule has 0 radical (unpaired) electrons. The van der Waals surface area contributed by atoms with Crippen LogP contribution in [0.15, 0.2) is 0 Å². The molecule has 12 nitrogen and oxygen atoms in total. The number of nitrogens with zero attached hydrogens (tertiary/aromatic N) is 1. The lowest BCUT2D eigenvalue weighted by atomic mass is 9.83. The van der Waals surface area contributed by atoms with E-state index < -0.39 is 67.6 Å². The normalized spacial score (nSPS) is 26.5. The summed E-state index contributed by atoms with van der Waals surface area (Å²) in [5.74, 6) is -1.49. The number of fused-ring (bicyclic) bond motifs is 1. The lowest BCUT2D eigenvalue weighted by Crippen LogP contribution is -2.64. The third kappa shape index (κ3) is 8.91. The van der Waals surface area contributed by atoms with Gasteiger partial charge in [-0.15, -0.1) is 0 Å². The second-order valence-corrected chi connectivity index (χ2v) is 20.7. The van der Waals surface area contributed by atoms with Gasteiger partial charge in [-0.3, -0.25) is 14.4 Å². The minimum absolute atomic E-state index is 0.0653. The average Bonchev–Trinajstić information content (AvgIpc) is 3.83. The number of hydrogen-bond acceptors (Lipinski definition) is 7. The van der Waals surface area contributed by atoms with Gasteiger partial charge in [-0.1, -0.05) is 73.6 Å². The summed E-state index contributed by atoms with van der Waals surface area (Å²) in [4.78, 5) is 56.7. The van der Waals surface area contributed by atoms with Crippen molar-refractivity contribution in [3.05, 3.63) is 0 Å². The second kappa shape index (κ2) is 14.3. The summed E-state index contributed by atoms with van der Waals surface area (Å²) in [5, 5.41) is 22.7. The highest BCUT2D eigenvalue weighted by Crippen LogP contribution is 2.65. The van der Waals surface area contributed by atoms with E-state index in [2.05, 4.69) is 35.1 Å². The van der Waals surface area contributed by atoms with E-state index >= 15 is 0 Å². The lowest BCUT2D eigenvalue weighted by molar-refractivity contribution is -0.144. The zero-order valence-electron chi connectivity index (χ0n) is 31.3. The number of piperidine rings is 1. The zero-order valence-corrected chi connectivity index (χ0v) is 32.1. The number of hydrogen-bond donors (Lipinski definition) is 5. The van der Waals surface area contributed by atoms with Gasteiger partial charge in [0.1, 0.15) is 12.1 Å². The summed E-state index contributed by atoms with van der Waals surface area (Å²) >= 11 is 0. The van der Waals surface area contributed by atoms with Crippen LogP contribution < -0.4 is 21.3 Å². The van der Waals surface area contributed by atoms with Gasteiger partial charge in [0.15, 0.2) is 15.9 Å². The molecule has 4 fully saturated rings. The Morgan fingerprint density at radius 1 is 0.959 bits per heavy atom. The third-order valence-corrected chi connectivity index (χ3v) is 14.3. The van der Waals surface area contributed by atoms with E-state index in [0.717, 1.165) is 38.5 Å². The van der Waals surface area contributed by atoms with Crippen molar-refractivity contribution in [1.82, 2.24) is 26.2 Å². The molecule has 3 aliphatic carbocycles. The molecule has 13 heteroatoms. The fraction of sp³-hybridized carbons (Fsp3) is 0.889. The van der Waals surface area contributed by atoms with Gasteiger partial charge in [0.05, 0.1) is 22.1 Å². The molecule has 1 heterocycles. The van der Waals surface area contributed by atoms with Crippen LogP contribution in [0.4, 0.5) is 4.79 Å². The molecule has 0 aromatic carbocycles. The Hall–Kier alpha value is -2.41. The molecule has 280 valence electrons. The van der Waals surface area contributed by atoms with Crippen LogP contribution in [0.1, 0.15) is 127 Å². The standard InChI is InChI=1S/C36H63N5O7S/c1-10-11-15-24(27(42)30(44)37-22-16-17-22)38-29(43)26-25-23(35(25,8)9)20-41(26)31(45)28(33(2,3)4)39-32(46)40-36(18-13-12-14-19-36)21-49(47,48)34(5,6)7/h22-28,42H,10-21H2,1-9H3,(H,37,44)(H,38,43)(H2,39,40,46)/t23-,24-,25-,26-,27-,28+/m0/s1. The van der Waals surface area contributed by atoms with Gasteiger partial charge in [-0.25, -0.2) is 13.2 Å². The van der Waals surface area contributed by atoms with E-state index in [0.29, 0.717) is 32.2 Å². The Balaban J connectivity index is 1.54. The number of sulfone groups is 1. The molecule has 0 aromatic rings. The minimum atomic E-state index is -3.55. The van der Waals surface area contributed by atoms with Crippen LogP contribution in [-0.4, -0.2) is 95.0 Å². The number of carbonyl (C=O) groups is 4. The molecule has 0 unspecified atom stereocenters. The number of amides is 5. The van der Waals surface area contributed by atoms with Crippen molar-refractivity contribution in [2.24, 2.45) is 22.7 Å². The Morgan fingerprint density at radius 3 is 2.10 bits per heavy atom. The summed E-state index contributed by atoms with van der Waals surface area (Å²) in [7, 11) is -3.55. The molecule has 4 rings (SSSR count). The maximum absolute atomic E-state index is 14.5. The van der Waals surface area contributed by atoms with Crippen LogP contribution in [0, 0.1) is 22.7 Å². The third-order valence-electron chi connectivity index (χ3n) is 11.5. The van der Waals surface area contributed by atoms with Gasteiger partial charge in [-0.05, 0) is 75.5 Å². The molecule has 0 bridgehead atoms. The van der Waals surface area contributed by atoms with Crippen LogP contribution in [0.2, 0.25) is 0 Å². The van der Waals surface area contributed by atoms with Crippen LogP contribution in [0.25, 0.3) is 0 Å². The van der Waals surface area contributed by atoms with Crippen molar-refractivity contribution in [3.8, 4) is 0 Å². The first-order chi connectivity index (χ1) is 22.5. The number of aliphatic hydroxyl groups excluding tert-OH is 1. The maximum Gasteiger partial charge on any atom is 0.315 e. The van der Waals surface area contributed by atoms with Gasteiger partial charge in [-0.2, -0.15) is 0 Å². The van der Waals surface area contributed by atoms with Crippen molar-refractivity contribution in [2.45, 2.75) is 167 Å². The topological polar surface area (TPSA) is 174 Å². The van der Waals surface area contributed by atoms with E-state index in [1.165, 1.54) is 0 Å². The first kappa shape index (κ1) is 39.4. The minimum Gasteiger partial charge on any atom is -0.381 e. The summed E-state index contributed by atoms with van der Waals surface area (Å²) in [6.45, 7) is 17.1. The molecule has 5 amide bonds. The van der Waals surface area contributed by atoms with Crippen molar-refractivity contribution in [2.75, 3.05) is 12.3 Å². The Kier molecular flexibility index (Phi) is 11.5. The maximum atomic E-state index is 14.5. The zero-order chi connectivity index (χ0) is 36.7. The predicted molar refractivity (Wildman–Crippen MR) is 189 cm³/mol. The largest absolute Gasteiger partial charge is 0.381 e. The first-order valence-corrected chi connectivity index (χ1v) is 20.1. The van der Waals surface area contributed by atoms with Crippen LogP contribution in [0.5, 0.6) is 0 Å². The van der Waals surface area contributed by atoms with Crippen LogP contribution >= 0.6 is 0 Å². The second-order valence-electron chi connectivity index (χ2n) is 18.0. The molecule has 4 aliphatic rings. The van der Waals surface area contributed by atoms with Crippen molar-refractivity contribution < 1.29 is 32.7 Å². The average molecular weight is 710 g/mol. The summed E-state index contributed by atoms with van der Waals surface area (Å²) in [6, 6.07) is -3.17. The number of unbranched alkanes of at least 4 members (excludes halogenated alkanes) is 1. The SMILES string of the molecule is CCCC[C@H](NC(=O)[C@@H]1[C@@H]2[C@H](CN1C(=O)[C@@H](NC(=O)NC1(CS(=O)(=O)C(C)(C)C)CCCCC1)C(C)(C)C)C2(C)C)[C@H](O)C(=O)NC1CC1. The van der Waals surface area contributed by atoms with E-state index in [1.807, 2.05) is 27.7 Å². The van der Waals surface area contributed by atoms with Gasteiger partial charge < -0.3 is 31.3 Å². The number of aliphatic hydroxyl groups is 1. The number of carbonyl (C=O) groups excluding carboxylic acids is 4. The van der Waals surface area contributed by atoms with Crippen molar-refractivity contribution in [3.63, 3.8) is 0 Å². The van der Waals surface area contributed by atoms with E-state index in [-0.39, 0.29) is 35.0 Å². The summed E-state index contributed by atoms with van der Waals surface area (Å²) in [6.07, 6.45) is 5.88. The highest BCUT2D eigenvalue weighted by Gasteiger charge is 2.70. The fourth-order valence-electron chi connectivity index (χ4n) is 7.85. The first-order valence-electron chi connectivity index (χ1n) is 18.4. The summed E-state index contributed by atoms with van der Waals surface area (Å²) in [5.41, 5.74) is -1.86. The highest BCUT2D eigenvalue weighted by atomic mass is 32.2. The van der Waals surface area contributed by atoms with Gasteiger partial charge >= 0.3 is 6.03 Å². The Labute approximate surface area is 294 Å². The Morgan fingerprint density at radius 2 is 1.57 bits per heavy atom. The van der Waals surface area contributed by atoms with Crippen molar-refractivity contribution >= 4 is 33.6 Å². The monoisotopic (exact) mass is 709 g/mol. The highest BCUT2D eigenvalue weighted by molar-refractivity contribution is 7.92. The molecule has 1 saturated heterocycles. The van der Waals surface area contributed by atoms with Crippen LogP contribution in [0.3, 0.4) is 0 Å². The molecule has 49 heavy (non-hydrogen) atoms. The smallest absolute Gasteiger partial charge is 0.315 e.